The molecule has 2 N–H and O–H groups in total. The molecular weight excluding hydrogens is 424 g/mol. The second kappa shape index (κ2) is 11.2. The van der Waals surface area contributed by atoms with Crippen LogP contribution < -0.4 is 10.6 Å². The van der Waals surface area contributed by atoms with Gasteiger partial charge < -0.3 is 15.4 Å². The van der Waals surface area contributed by atoms with Gasteiger partial charge in [-0.1, -0.05) is 12.1 Å². The number of rotatable bonds is 10. The topological polar surface area (TPSA) is 171 Å². The standard InChI is InChI=1S/C20H20N4O8/c1-13-8-9-15(11-17(13)24(30)31)22-19(26)12-32-20(27)7-3-6-18(25)21-14-4-2-5-16(10-14)23(28)29/h2,4-5,8-11H,3,6-7,12H2,1H3,(H,21,25)(H,22,26). The van der Waals surface area contributed by atoms with E-state index in [4.69, 9.17) is 4.74 Å². The number of benzene rings is 2. The molecular formula is C20H20N4O8. The highest BCUT2D eigenvalue weighted by Gasteiger charge is 2.14. The maximum atomic E-state index is 11.9. The zero-order valence-corrected chi connectivity index (χ0v) is 17.0. The molecule has 2 aromatic carbocycles. The van der Waals surface area contributed by atoms with Crippen LogP contribution in [-0.4, -0.2) is 34.2 Å². The Balaban J connectivity index is 1.71. The number of ether oxygens (including phenoxy) is 1. The van der Waals surface area contributed by atoms with Gasteiger partial charge in [0.05, 0.1) is 9.85 Å². The number of nitrogens with zero attached hydrogens (tertiary/aromatic N) is 2. The van der Waals surface area contributed by atoms with Gasteiger partial charge in [-0.25, -0.2) is 0 Å². The van der Waals surface area contributed by atoms with Crippen molar-refractivity contribution in [1.29, 1.82) is 0 Å². The van der Waals surface area contributed by atoms with Crippen LogP contribution in [0.4, 0.5) is 22.7 Å². The third-order valence-corrected chi connectivity index (χ3v) is 4.18. The van der Waals surface area contributed by atoms with Gasteiger partial charge >= 0.3 is 5.97 Å². The molecule has 0 radical (unpaired) electrons. The van der Waals surface area contributed by atoms with E-state index in [0.29, 0.717) is 5.56 Å². The summed E-state index contributed by atoms with van der Waals surface area (Å²) in [5.74, 6) is -1.80. The maximum Gasteiger partial charge on any atom is 0.306 e. The zero-order chi connectivity index (χ0) is 23.7. The number of carbonyl (C=O) groups excluding carboxylic acids is 3. The second-order valence-corrected chi connectivity index (χ2v) is 6.68. The first-order valence-electron chi connectivity index (χ1n) is 9.40. The van der Waals surface area contributed by atoms with Crippen molar-refractivity contribution in [2.75, 3.05) is 17.2 Å². The Hall–Kier alpha value is -4.35. The van der Waals surface area contributed by atoms with Gasteiger partial charge in [0.25, 0.3) is 17.3 Å². The van der Waals surface area contributed by atoms with Crippen LogP contribution in [0.3, 0.4) is 0 Å². The summed E-state index contributed by atoms with van der Waals surface area (Å²) in [4.78, 5) is 56.0. The number of non-ortho nitro benzene ring substituents is 1. The minimum atomic E-state index is -0.696. The molecule has 2 amide bonds. The van der Waals surface area contributed by atoms with Gasteiger partial charge in [0.15, 0.2) is 6.61 Å². The molecule has 0 spiro atoms. The number of hydrogen-bond acceptors (Lipinski definition) is 8. The number of carbonyl (C=O) groups is 3. The summed E-state index contributed by atoms with van der Waals surface area (Å²) in [5.41, 5.74) is 0.586. The van der Waals surface area contributed by atoms with Gasteiger partial charge in [-0.05, 0) is 25.5 Å². The largest absolute Gasteiger partial charge is 0.456 e. The van der Waals surface area contributed by atoms with E-state index in [0.717, 1.165) is 0 Å². The average Bonchev–Trinajstić information content (AvgIpc) is 2.73. The summed E-state index contributed by atoms with van der Waals surface area (Å²) >= 11 is 0. The molecule has 0 fully saturated rings. The number of nitro groups is 2. The quantitative estimate of drug-likeness (QED) is 0.320. The Labute approximate surface area is 181 Å². The number of hydrogen-bond donors (Lipinski definition) is 2. The van der Waals surface area contributed by atoms with E-state index < -0.39 is 34.2 Å². The molecule has 0 saturated heterocycles. The van der Waals surface area contributed by atoms with Gasteiger partial charge in [-0.15, -0.1) is 0 Å². The normalized spacial score (nSPS) is 10.2. The number of amides is 2. The molecule has 0 unspecified atom stereocenters. The Bertz CT molecular complexity index is 1050. The van der Waals surface area contributed by atoms with E-state index in [9.17, 15) is 34.6 Å². The number of anilines is 2. The molecule has 12 heteroatoms. The van der Waals surface area contributed by atoms with Crippen LogP contribution in [0.1, 0.15) is 24.8 Å². The third kappa shape index (κ3) is 7.48. The van der Waals surface area contributed by atoms with Gasteiger partial charge in [0.1, 0.15) is 0 Å². The summed E-state index contributed by atoms with van der Waals surface area (Å²) in [6, 6.07) is 9.62. The van der Waals surface area contributed by atoms with Crippen molar-refractivity contribution in [2.24, 2.45) is 0 Å². The monoisotopic (exact) mass is 444 g/mol. The van der Waals surface area contributed by atoms with Crippen LogP contribution in [0.5, 0.6) is 0 Å². The molecule has 168 valence electrons. The zero-order valence-electron chi connectivity index (χ0n) is 17.0. The fraction of sp³-hybridized carbons (Fsp3) is 0.250. The van der Waals surface area contributed by atoms with E-state index in [1.165, 1.54) is 42.5 Å². The van der Waals surface area contributed by atoms with Crippen molar-refractivity contribution in [1.82, 2.24) is 0 Å². The fourth-order valence-electron chi connectivity index (χ4n) is 2.61. The van der Waals surface area contributed by atoms with Gasteiger partial charge in [0, 0.05) is 48.0 Å². The van der Waals surface area contributed by atoms with Crippen molar-refractivity contribution < 1.29 is 29.0 Å². The SMILES string of the molecule is Cc1ccc(NC(=O)COC(=O)CCCC(=O)Nc2cccc([N+](=O)[O-])c2)cc1[N+](=O)[O-]. The summed E-state index contributed by atoms with van der Waals surface area (Å²) in [6.45, 7) is 0.982. The van der Waals surface area contributed by atoms with Crippen molar-refractivity contribution in [2.45, 2.75) is 26.2 Å². The molecule has 0 aliphatic carbocycles. The number of nitrogens with one attached hydrogen (secondary N) is 2. The van der Waals surface area contributed by atoms with Crippen LogP contribution in [-0.2, 0) is 19.1 Å². The number of nitro benzene ring substituents is 2. The van der Waals surface area contributed by atoms with Crippen molar-refractivity contribution in [3.8, 4) is 0 Å². The first kappa shape index (κ1) is 23.9. The molecule has 2 rings (SSSR count). The van der Waals surface area contributed by atoms with Crippen LogP contribution in [0.15, 0.2) is 42.5 Å². The molecule has 0 aliphatic heterocycles. The molecule has 0 aromatic heterocycles. The summed E-state index contributed by atoms with van der Waals surface area (Å²) < 4.78 is 4.83. The van der Waals surface area contributed by atoms with Crippen LogP contribution in [0, 0.1) is 27.2 Å². The van der Waals surface area contributed by atoms with Gasteiger partial charge in [-0.2, -0.15) is 0 Å². The molecule has 0 heterocycles. The maximum absolute atomic E-state index is 11.9. The van der Waals surface area contributed by atoms with E-state index in [1.807, 2.05) is 0 Å². The molecule has 0 saturated carbocycles. The lowest BCUT2D eigenvalue weighted by molar-refractivity contribution is -0.385. The highest BCUT2D eigenvalue weighted by atomic mass is 16.6. The van der Waals surface area contributed by atoms with Gasteiger partial charge in [0.2, 0.25) is 5.91 Å². The predicted molar refractivity (Wildman–Crippen MR) is 113 cm³/mol. The van der Waals surface area contributed by atoms with Crippen LogP contribution >= 0.6 is 0 Å². The van der Waals surface area contributed by atoms with Crippen LogP contribution in [0.25, 0.3) is 0 Å². The number of esters is 1. The first-order chi connectivity index (χ1) is 15.2. The average molecular weight is 444 g/mol. The van der Waals surface area contributed by atoms with Gasteiger partial charge in [-0.3, -0.25) is 34.6 Å². The Morgan fingerprint density at radius 3 is 2.28 bits per heavy atom. The summed E-state index contributed by atoms with van der Waals surface area (Å²) in [5, 5.41) is 26.6. The molecule has 0 aliphatic rings. The van der Waals surface area contributed by atoms with E-state index in [2.05, 4.69) is 10.6 Å². The van der Waals surface area contributed by atoms with Crippen molar-refractivity contribution in [3.63, 3.8) is 0 Å². The lowest BCUT2D eigenvalue weighted by Gasteiger charge is -2.08. The molecule has 2 aromatic rings. The van der Waals surface area contributed by atoms with Crippen LogP contribution in [0.2, 0.25) is 0 Å². The Morgan fingerprint density at radius 2 is 1.59 bits per heavy atom. The minimum absolute atomic E-state index is 0.0307. The van der Waals surface area contributed by atoms with Crippen molar-refractivity contribution in [3.05, 3.63) is 68.3 Å². The Kier molecular flexibility index (Phi) is 8.34. The smallest absolute Gasteiger partial charge is 0.306 e. The van der Waals surface area contributed by atoms with E-state index >= 15 is 0 Å². The predicted octanol–water partition coefficient (Wildman–Crippen LogP) is 3.10. The minimum Gasteiger partial charge on any atom is -0.456 e. The highest BCUT2D eigenvalue weighted by Crippen LogP contribution is 2.22. The Morgan fingerprint density at radius 1 is 0.906 bits per heavy atom. The summed E-state index contributed by atoms with van der Waals surface area (Å²) in [7, 11) is 0. The first-order valence-corrected chi connectivity index (χ1v) is 9.40. The fourth-order valence-corrected chi connectivity index (χ4v) is 2.61. The molecule has 0 bridgehead atoms. The van der Waals surface area contributed by atoms with Crippen molar-refractivity contribution >= 4 is 40.5 Å². The summed E-state index contributed by atoms with van der Waals surface area (Å²) in [6.07, 6.45) is -0.00592. The third-order valence-electron chi connectivity index (χ3n) is 4.18. The lowest BCUT2D eigenvalue weighted by atomic mass is 10.2. The number of aryl methyl sites for hydroxylation is 1. The molecule has 0 atom stereocenters. The molecule has 12 nitrogen and oxygen atoms in total. The highest BCUT2D eigenvalue weighted by molar-refractivity contribution is 5.93. The lowest BCUT2D eigenvalue weighted by Crippen LogP contribution is -2.21. The van der Waals surface area contributed by atoms with E-state index in [1.54, 1.807) is 6.92 Å². The molecule has 32 heavy (non-hydrogen) atoms. The second-order valence-electron chi connectivity index (χ2n) is 6.68. The van der Waals surface area contributed by atoms with E-state index in [-0.39, 0.29) is 42.0 Å².